The molecule has 2 amide bonds. The normalized spacial score (nSPS) is 19.6. The maximum atomic E-state index is 12.4. The van der Waals surface area contributed by atoms with Crippen LogP contribution in [0.25, 0.3) is 0 Å². The fraction of sp³-hybridized carbons (Fsp3) is 0.650. The Morgan fingerprint density at radius 2 is 1.76 bits per heavy atom. The van der Waals surface area contributed by atoms with Gasteiger partial charge in [0.1, 0.15) is 12.4 Å². The zero-order chi connectivity index (χ0) is 17.5. The second kappa shape index (κ2) is 9.09. The molecule has 25 heavy (non-hydrogen) atoms. The van der Waals surface area contributed by atoms with Crippen molar-refractivity contribution in [2.24, 2.45) is 0 Å². The van der Waals surface area contributed by atoms with E-state index in [9.17, 15) is 4.79 Å². The highest BCUT2D eigenvalue weighted by atomic mass is 16.5. The predicted molar refractivity (Wildman–Crippen MR) is 100 cm³/mol. The molecular weight excluding hydrogens is 314 g/mol. The summed E-state index contributed by atoms with van der Waals surface area (Å²) in [5, 5.41) is 3.22. The molecule has 0 atom stereocenters. The summed E-state index contributed by atoms with van der Waals surface area (Å²) in [7, 11) is 0. The molecule has 1 aromatic rings. The first-order chi connectivity index (χ1) is 12.2. The summed E-state index contributed by atoms with van der Waals surface area (Å²) in [6.07, 6.45) is 6.10. The van der Waals surface area contributed by atoms with E-state index in [1.54, 1.807) is 0 Å². The number of piperazine rings is 1. The molecule has 0 unspecified atom stereocenters. The monoisotopic (exact) mass is 345 g/mol. The van der Waals surface area contributed by atoms with Gasteiger partial charge >= 0.3 is 6.03 Å². The van der Waals surface area contributed by atoms with Crippen LogP contribution in [-0.2, 0) is 0 Å². The van der Waals surface area contributed by atoms with Crippen molar-refractivity contribution in [2.75, 3.05) is 39.3 Å². The van der Waals surface area contributed by atoms with Crippen molar-refractivity contribution in [3.05, 3.63) is 29.8 Å². The summed E-state index contributed by atoms with van der Waals surface area (Å²) in [6, 6.07) is 8.69. The van der Waals surface area contributed by atoms with Crippen molar-refractivity contribution in [1.29, 1.82) is 0 Å². The van der Waals surface area contributed by atoms with E-state index in [0.717, 1.165) is 51.3 Å². The molecular formula is C20H31N3O2. The molecule has 0 spiro atoms. The molecule has 2 fully saturated rings. The van der Waals surface area contributed by atoms with Gasteiger partial charge in [0.25, 0.3) is 0 Å². The second-order valence-electron chi connectivity index (χ2n) is 7.27. The highest BCUT2D eigenvalue weighted by Gasteiger charge is 2.23. The molecule has 0 radical (unpaired) electrons. The minimum absolute atomic E-state index is 0.127. The first-order valence-corrected chi connectivity index (χ1v) is 9.68. The maximum Gasteiger partial charge on any atom is 0.317 e. The highest BCUT2D eigenvalue weighted by molar-refractivity contribution is 5.74. The van der Waals surface area contributed by atoms with Crippen molar-refractivity contribution >= 4 is 6.03 Å². The number of amides is 2. The molecule has 3 rings (SSSR count). The molecule has 1 saturated carbocycles. The molecule has 0 aromatic heterocycles. The Bertz CT molecular complexity index is 532. The van der Waals surface area contributed by atoms with E-state index in [4.69, 9.17) is 4.74 Å². The third-order valence-corrected chi connectivity index (χ3v) is 5.29. The zero-order valence-corrected chi connectivity index (χ0v) is 15.4. The molecule has 0 bridgehead atoms. The van der Waals surface area contributed by atoms with E-state index in [2.05, 4.69) is 29.3 Å². The van der Waals surface area contributed by atoms with Gasteiger partial charge in [-0.25, -0.2) is 4.79 Å². The first-order valence-electron chi connectivity index (χ1n) is 9.68. The van der Waals surface area contributed by atoms with Crippen LogP contribution < -0.4 is 10.1 Å². The van der Waals surface area contributed by atoms with Crippen LogP contribution in [-0.4, -0.2) is 61.2 Å². The van der Waals surface area contributed by atoms with Gasteiger partial charge in [-0.1, -0.05) is 37.0 Å². The summed E-state index contributed by atoms with van der Waals surface area (Å²) in [4.78, 5) is 16.7. The van der Waals surface area contributed by atoms with Gasteiger partial charge in [-0.05, 0) is 31.9 Å². The van der Waals surface area contributed by atoms with E-state index in [1.165, 1.54) is 24.8 Å². The summed E-state index contributed by atoms with van der Waals surface area (Å²) < 4.78 is 5.80. The number of carbonyl (C=O) groups is 1. The van der Waals surface area contributed by atoms with Gasteiger partial charge in [0.05, 0.1) is 0 Å². The number of carbonyl (C=O) groups excluding carboxylic acids is 1. The Labute approximate surface area is 151 Å². The van der Waals surface area contributed by atoms with Gasteiger partial charge in [0, 0.05) is 38.8 Å². The number of benzene rings is 1. The maximum absolute atomic E-state index is 12.4. The lowest BCUT2D eigenvalue weighted by Crippen LogP contribution is -2.54. The van der Waals surface area contributed by atoms with Crippen LogP contribution in [0.3, 0.4) is 0 Å². The van der Waals surface area contributed by atoms with Crippen molar-refractivity contribution in [3.8, 4) is 5.75 Å². The Morgan fingerprint density at radius 1 is 1.08 bits per heavy atom. The van der Waals surface area contributed by atoms with Crippen molar-refractivity contribution in [1.82, 2.24) is 15.1 Å². The van der Waals surface area contributed by atoms with E-state index >= 15 is 0 Å². The first kappa shape index (κ1) is 18.1. The molecule has 1 aliphatic carbocycles. The number of ether oxygens (including phenoxy) is 1. The van der Waals surface area contributed by atoms with Crippen molar-refractivity contribution in [2.45, 2.75) is 45.1 Å². The quantitative estimate of drug-likeness (QED) is 0.892. The topological polar surface area (TPSA) is 44.8 Å². The van der Waals surface area contributed by atoms with Gasteiger partial charge < -0.3 is 15.0 Å². The fourth-order valence-corrected chi connectivity index (χ4v) is 3.61. The van der Waals surface area contributed by atoms with Crippen LogP contribution in [0.2, 0.25) is 0 Å². The van der Waals surface area contributed by atoms with E-state index < -0.39 is 0 Å². The summed E-state index contributed by atoms with van der Waals surface area (Å²) in [5.74, 6) is 0.927. The number of hydrogen-bond donors (Lipinski definition) is 1. The molecule has 1 heterocycles. The average Bonchev–Trinajstić information content (AvgIpc) is 2.65. The van der Waals surface area contributed by atoms with E-state index in [1.807, 2.05) is 17.0 Å². The molecule has 138 valence electrons. The molecule has 1 aromatic carbocycles. The Kier molecular flexibility index (Phi) is 6.56. The van der Waals surface area contributed by atoms with Crippen LogP contribution >= 0.6 is 0 Å². The van der Waals surface area contributed by atoms with Gasteiger partial charge in [-0.2, -0.15) is 0 Å². The van der Waals surface area contributed by atoms with Gasteiger partial charge in [0.15, 0.2) is 0 Å². The van der Waals surface area contributed by atoms with Crippen LogP contribution in [0.15, 0.2) is 24.3 Å². The molecule has 2 aliphatic rings. The number of urea groups is 1. The second-order valence-corrected chi connectivity index (χ2v) is 7.27. The largest absolute Gasteiger partial charge is 0.492 e. The smallest absolute Gasteiger partial charge is 0.317 e. The summed E-state index contributed by atoms with van der Waals surface area (Å²) in [5.41, 5.74) is 1.25. The van der Waals surface area contributed by atoms with Gasteiger partial charge in [0.2, 0.25) is 0 Å². The number of rotatable bonds is 5. The predicted octanol–water partition coefficient (Wildman–Crippen LogP) is 3.03. The molecule has 5 heteroatoms. The lowest BCUT2D eigenvalue weighted by atomic mass is 9.96. The van der Waals surface area contributed by atoms with Crippen molar-refractivity contribution in [3.63, 3.8) is 0 Å². The molecule has 5 nitrogen and oxygen atoms in total. The third kappa shape index (κ3) is 5.63. The third-order valence-electron chi connectivity index (χ3n) is 5.29. The summed E-state index contributed by atoms with van der Waals surface area (Å²) in [6.45, 7) is 7.15. The fourth-order valence-electron chi connectivity index (χ4n) is 3.61. The number of nitrogens with one attached hydrogen (secondary N) is 1. The Balaban J connectivity index is 1.32. The van der Waals surface area contributed by atoms with Gasteiger partial charge in [-0.15, -0.1) is 0 Å². The number of hydrogen-bond acceptors (Lipinski definition) is 3. The van der Waals surface area contributed by atoms with Crippen molar-refractivity contribution < 1.29 is 9.53 Å². The zero-order valence-electron chi connectivity index (χ0n) is 15.4. The SMILES string of the molecule is Cc1ccc(OCCN2CCN(C(=O)NC3CCCCC3)CC2)cc1. The lowest BCUT2D eigenvalue weighted by molar-refractivity contribution is 0.123. The van der Waals surface area contributed by atoms with Crippen LogP contribution in [0.1, 0.15) is 37.7 Å². The molecule has 1 aliphatic heterocycles. The van der Waals surface area contributed by atoms with Crippen LogP contribution in [0.4, 0.5) is 4.79 Å². The summed E-state index contributed by atoms with van der Waals surface area (Å²) >= 11 is 0. The van der Waals surface area contributed by atoms with E-state index in [-0.39, 0.29) is 6.03 Å². The molecule has 1 N–H and O–H groups in total. The minimum Gasteiger partial charge on any atom is -0.492 e. The average molecular weight is 345 g/mol. The number of nitrogens with zero attached hydrogens (tertiary/aromatic N) is 2. The van der Waals surface area contributed by atoms with Crippen LogP contribution in [0.5, 0.6) is 5.75 Å². The van der Waals surface area contributed by atoms with E-state index in [0.29, 0.717) is 12.6 Å². The molecule has 1 saturated heterocycles. The highest BCUT2D eigenvalue weighted by Crippen LogP contribution is 2.18. The Morgan fingerprint density at radius 3 is 2.44 bits per heavy atom. The number of aryl methyl sites for hydroxylation is 1. The Hall–Kier alpha value is -1.75. The lowest BCUT2D eigenvalue weighted by Gasteiger charge is -2.35. The van der Waals surface area contributed by atoms with Crippen LogP contribution in [0, 0.1) is 6.92 Å². The standard InChI is InChI=1S/C20H31N3O2/c1-17-7-9-19(10-8-17)25-16-15-22-11-13-23(14-12-22)20(24)21-18-5-3-2-4-6-18/h7-10,18H,2-6,11-16H2,1H3,(H,21,24). The van der Waals surface area contributed by atoms with Gasteiger partial charge in [-0.3, -0.25) is 4.90 Å². The minimum atomic E-state index is 0.127.